The summed E-state index contributed by atoms with van der Waals surface area (Å²) in [6.07, 6.45) is 0. The Hall–Kier alpha value is 0.0100. The predicted octanol–water partition coefficient (Wildman–Crippen LogP) is 1.11. The summed E-state index contributed by atoms with van der Waals surface area (Å²) < 4.78 is 5.22. The van der Waals surface area contributed by atoms with Crippen LogP contribution in [0.3, 0.4) is 0 Å². The first-order valence-electron chi connectivity index (χ1n) is 2.86. The minimum absolute atomic E-state index is 0.703. The molecule has 0 aliphatic carbocycles. The van der Waals surface area contributed by atoms with Crippen molar-refractivity contribution in [2.75, 3.05) is 26.3 Å². The molecule has 2 nitrogen and oxygen atoms in total. The van der Waals surface area contributed by atoms with E-state index in [-0.39, 0.29) is 0 Å². The molecule has 0 radical (unpaired) electrons. The maximum atomic E-state index is 5.22. The van der Waals surface area contributed by atoms with Gasteiger partial charge in [0.1, 0.15) is 0 Å². The molecule has 1 saturated heterocycles. The molecule has 0 unspecified atom stereocenters. The van der Waals surface area contributed by atoms with E-state index in [0.29, 0.717) is 6.61 Å². The van der Waals surface area contributed by atoms with E-state index in [1.807, 2.05) is 7.05 Å². The van der Waals surface area contributed by atoms with Crippen LogP contribution in [0.2, 0.25) is 0 Å². The highest BCUT2D eigenvalue weighted by molar-refractivity contribution is 8.03. The molecule has 0 aromatic rings. The molecule has 52 valence electrons. The number of hydrogen-bond acceptors (Lipinski definition) is 3. The van der Waals surface area contributed by atoms with Crippen LogP contribution in [-0.2, 0) is 4.74 Å². The third-order valence-corrected chi connectivity index (χ3v) is 2.16. The largest absolute Gasteiger partial charge is 0.361 e. The molecule has 3 heteroatoms. The molecule has 0 spiro atoms. The Morgan fingerprint density at radius 2 is 2.56 bits per heavy atom. The molecular weight excluding hydrogens is 134 g/mol. The average molecular weight is 145 g/mol. The summed E-state index contributed by atoms with van der Waals surface area (Å²) in [5.41, 5.74) is 0. The first-order valence-corrected chi connectivity index (χ1v) is 3.84. The quantitative estimate of drug-likeness (QED) is 0.506. The van der Waals surface area contributed by atoms with E-state index in [9.17, 15) is 0 Å². The Labute approximate surface area is 59.9 Å². The lowest BCUT2D eigenvalue weighted by Crippen LogP contribution is -2.18. The van der Waals surface area contributed by atoms with Crippen LogP contribution in [0.15, 0.2) is 11.5 Å². The topological polar surface area (TPSA) is 12.5 Å². The summed E-state index contributed by atoms with van der Waals surface area (Å²) in [7, 11) is 2.03. The summed E-state index contributed by atoms with van der Waals surface area (Å²) in [5, 5.41) is 0. The fourth-order valence-corrected chi connectivity index (χ4v) is 1.24. The molecule has 1 rings (SSSR count). The number of rotatable bonds is 0. The Morgan fingerprint density at radius 1 is 1.78 bits per heavy atom. The lowest BCUT2D eigenvalue weighted by molar-refractivity contribution is 0.0745. The Balaban J connectivity index is 2.34. The van der Waals surface area contributed by atoms with Crippen LogP contribution in [0.1, 0.15) is 0 Å². The first kappa shape index (κ1) is 7.12. The predicted molar refractivity (Wildman–Crippen MR) is 40.2 cm³/mol. The highest BCUT2D eigenvalue weighted by Crippen LogP contribution is 2.17. The SMILES string of the molecule is C=C1COCN(C)CS1. The highest BCUT2D eigenvalue weighted by Gasteiger charge is 2.05. The van der Waals surface area contributed by atoms with E-state index in [2.05, 4.69) is 11.5 Å². The minimum atomic E-state index is 0.703. The Morgan fingerprint density at radius 3 is 3.33 bits per heavy atom. The number of nitrogens with zero attached hydrogens (tertiary/aromatic N) is 1. The van der Waals surface area contributed by atoms with Gasteiger partial charge in [-0.15, -0.1) is 11.8 Å². The van der Waals surface area contributed by atoms with Crippen molar-refractivity contribution in [3.05, 3.63) is 11.5 Å². The van der Waals surface area contributed by atoms with Gasteiger partial charge < -0.3 is 4.74 Å². The zero-order chi connectivity index (χ0) is 6.69. The highest BCUT2D eigenvalue weighted by atomic mass is 32.2. The van der Waals surface area contributed by atoms with Crippen LogP contribution >= 0.6 is 11.8 Å². The monoisotopic (exact) mass is 145 g/mol. The van der Waals surface area contributed by atoms with Crippen LogP contribution in [-0.4, -0.2) is 31.2 Å². The Bertz CT molecular complexity index is 116. The van der Waals surface area contributed by atoms with Gasteiger partial charge in [0.15, 0.2) is 0 Å². The zero-order valence-electron chi connectivity index (χ0n) is 5.59. The minimum Gasteiger partial charge on any atom is -0.361 e. The Kier molecular flexibility index (Phi) is 2.57. The van der Waals surface area contributed by atoms with Gasteiger partial charge in [0.25, 0.3) is 0 Å². The molecule has 0 atom stereocenters. The normalized spacial score (nSPS) is 23.9. The standard InChI is InChI=1S/C6H11NOS/c1-6-3-8-4-7(2)5-9-6/h1,3-5H2,2H3. The summed E-state index contributed by atoms with van der Waals surface area (Å²) in [6.45, 7) is 5.25. The van der Waals surface area contributed by atoms with Crippen LogP contribution in [0, 0.1) is 0 Å². The van der Waals surface area contributed by atoms with E-state index in [1.165, 1.54) is 0 Å². The van der Waals surface area contributed by atoms with Crippen molar-refractivity contribution in [3.8, 4) is 0 Å². The third-order valence-electron chi connectivity index (χ3n) is 1.06. The van der Waals surface area contributed by atoms with Crippen LogP contribution in [0.5, 0.6) is 0 Å². The molecule has 9 heavy (non-hydrogen) atoms. The van der Waals surface area contributed by atoms with Gasteiger partial charge >= 0.3 is 0 Å². The second-order valence-electron chi connectivity index (χ2n) is 2.15. The van der Waals surface area contributed by atoms with Crippen molar-refractivity contribution >= 4 is 11.8 Å². The molecular formula is C6H11NOS. The van der Waals surface area contributed by atoms with E-state index in [1.54, 1.807) is 11.8 Å². The summed E-state index contributed by atoms with van der Waals surface area (Å²) in [4.78, 5) is 3.24. The maximum absolute atomic E-state index is 5.22. The van der Waals surface area contributed by atoms with Gasteiger partial charge in [-0.25, -0.2) is 0 Å². The second kappa shape index (κ2) is 3.25. The van der Waals surface area contributed by atoms with Gasteiger partial charge in [0.2, 0.25) is 0 Å². The van der Waals surface area contributed by atoms with E-state index < -0.39 is 0 Å². The molecule has 0 saturated carbocycles. The lowest BCUT2D eigenvalue weighted by Gasteiger charge is -2.09. The second-order valence-corrected chi connectivity index (χ2v) is 3.27. The van der Waals surface area contributed by atoms with Crippen LogP contribution in [0.4, 0.5) is 0 Å². The molecule has 0 aromatic carbocycles. The first-order chi connectivity index (χ1) is 4.29. The van der Waals surface area contributed by atoms with Crippen LogP contribution < -0.4 is 0 Å². The summed E-state index contributed by atoms with van der Waals surface area (Å²) >= 11 is 1.75. The molecule has 1 aliphatic rings. The molecule has 0 amide bonds. The summed E-state index contributed by atoms with van der Waals surface area (Å²) in [6, 6.07) is 0. The smallest absolute Gasteiger partial charge is 0.0999 e. The van der Waals surface area contributed by atoms with E-state index in [4.69, 9.17) is 4.74 Å². The van der Waals surface area contributed by atoms with E-state index >= 15 is 0 Å². The van der Waals surface area contributed by atoms with E-state index in [0.717, 1.165) is 17.5 Å². The molecule has 1 aliphatic heterocycles. The fraction of sp³-hybridized carbons (Fsp3) is 0.667. The number of hydrogen-bond donors (Lipinski definition) is 0. The van der Waals surface area contributed by atoms with Crippen molar-refractivity contribution in [1.29, 1.82) is 0 Å². The van der Waals surface area contributed by atoms with Gasteiger partial charge in [-0.05, 0) is 7.05 Å². The molecule has 0 N–H and O–H groups in total. The van der Waals surface area contributed by atoms with Crippen molar-refractivity contribution in [2.45, 2.75) is 0 Å². The van der Waals surface area contributed by atoms with Gasteiger partial charge in [0, 0.05) is 4.91 Å². The number of ether oxygens (including phenoxy) is 1. The fourth-order valence-electron chi connectivity index (χ4n) is 0.596. The molecule has 0 aromatic heterocycles. The number of thioether (sulfide) groups is 1. The van der Waals surface area contributed by atoms with Gasteiger partial charge in [-0.2, -0.15) is 0 Å². The van der Waals surface area contributed by atoms with Crippen molar-refractivity contribution in [3.63, 3.8) is 0 Å². The average Bonchev–Trinajstić information content (AvgIpc) is 1.97. The lowest BCUT2D eigenvalue weighted by atomic mass is 10.7. The van der Waals surface area contributed by atoms with Crippen molar-refractivity contribution in [1.82, 2.24) is 4.90 Å². The van der Waals surface area contributed by atoms with Crippen LogP contribution in [0.25, 0.3) is 0 Å². The van der Waals surface area contributed by atoms with Crippen molar-refractivity contribution < 1.29 is 4.74 Å². The van der Waals surface area contributed by atoms with Crippen molar-refractivity contribution in [2.24, 2.45) is 0 Å². The third kappa shape index (κ3) is 2.39. The van der Waals surface area contributed by atoms with Gasteiger partial charge in [-0.3, -0.25) is 4.90 Å². The molecule has 1 heterocycles. The zero-order valence-corrected chi connectivity index (χ0v) is 6.41. The molecule has 1 fully saturated rings. The maximum Gasteiger partial charge on any atom is 0.0999 e. The van der Waals surface area contributed by atoms with Gasteiger partial charge in [0.05, 0.1) is 19.2 Å². The summed E-state index contributed by atoms with van der Waals surface area (Å²) in [5.74, 6) is 0.999. The van der Waals surface area contributed by atoms with Gasteiger partial charge in [-0.1, -0.05) is 6.58 Å². The molecule has 0 bridgehead atoms.